The zero-order chi connectivity index (χ0) is 20.1. The van der Waals surface area contributed by atoms with E-state index in [0.29, 0.717) is 0 Å². The second kappa shape index (κ2) is 8.68. The third kappa shape index (κ3) is 4.21. The number of rotatable bonds is 6. The van der Waals surface area contributed by atoms with Gasteiger partial charge in [0, 0.05) is 27.8 Å². The van der Waals surface area contributed by atoms with E-state index < -0.39 is 0 Å². The zero-order valence-electron chi connectivity index (χ0n) is 15.5. The van der Waals surface area contributed by atoms with Gasteiger partial charge in [0.2, 0.25) is 0 Å². The third-order valence-electron chi connectivity index (χ3n) is 4.48. The van der Waals surface area contributed by atoms with Gasteiger partial charge in [-0.25, -0.2) is 0 Å². The summed E-state index contributed by atoms with van der Waals surface area (Å²) in [5.74, 6) is 0. The van der Waals surface area contributed by atoms with Gasteiger partial charge in [-0.2, -0.15) is 0 Å². The Morgan fingerprint density at radius 3 is 2.50 bits per heavy atom. The summed E-state index contributed by atoms with van der Waals surface area (Å²) < 4.78 is 0.962. The van der Waals surface area contributed by atoms with Crippen LogP contribution in [-0.4, -0.2) is 4.98 Å². The first-order valence-corrected chi connectivity index (χ1v) is 9.59. The molecule has 0 bridgehead atoms. The molecule has 0 atom stereocenters. The summed E-state index contributed by atoms with van der Waals surface area (Å²) in [6.07, 6.45) is 8.89. The number of hydrogen-bond acceptors (Lipinski definition) is 2. The second-order valence-corrected chi connectivity index (χ2v) is 7.22. The second-order valence-electron chi connectivity index (χ2n) is 6.30. The van der Waals surface area contributed by atoms with E-state index in [1.54, 1.807) is 18.4 Å². The first-order valence-electron chi connectivity index (χ1n) is 8.79. The molecular weight excluding hydrogens is 408 g/mol. The fraction of sp³-hybridized carbons (Fsp3) is 0. The van der Waals surface area contributed by atoms with Gasteiger partial charge in [0.05, 0.1) is 5.52 Å². The minimum atomic E-state index is 0.795. The fourth-order valence-electron chi connectivity index (χ4n) is 2.95. The Bertz CT molecular complexity index is 1140. The molecule has 0 spiro atoms. The Labute approximate surface area is 174 Å². The van der Waals surface area contributed by atoms with Crippen molar-refractivity contribution in [2.45, 2.75) is 0 Å². The van der Waals surface area contributed by atoms with Crippen molar-refractivity contribution in [3.05, 3.63) is 120 Å². The van der Waals surface area contributed by atoms with Crippen LogP contribution in [-0.2, 0) is 0 Å². The maximum atomic E-state index is 5.94. The molecular formula is C25H21BrN2. The van der Waals surface area contributed by atoms with E-state index in [0.717, 1.165) is 48.8 Å². The van der Waals surface area contributed by atoms with Gasteiger partial charge in [-0.3, -0.25) is 4.98 Å². The molecule has 0 saturated carbocycles. The Hall–Kier alpha value is -3.17. The summed E-state index contributed by atoms with van der Waals surface area (Å²) >= 11 is 3.62. The summed E-state index contributed by atoms with van der Waals surface area (Å²) in [7, 11) is 0. The average Bonchev–Trinajstić information content (AvgIpc) is 2.73. The van der Waals surface area contributed by atoms with Crippen LogP contribution in [0.2, 0.25) is 0 Å². The molecule has 1 heterocycles. The number of benzene rings is 2. The average molecular weight is 429 g/mol. The van der Waals surface area contributed by atoms with Gasteiger partial charge in [0.1, 0.15) is 0 Å². The number of allylic oxidation sites excluding steroid dienone is 6. The molecule has 0 saturated heterocycles. The summed E-state index contributed by atoms with van der Waals surface area (Å²) in [6, 6.07) is 16.4. The van der Waals surface area contributed by atoms with Crippen molar-refractivity contribution in [1.82, 2.24) is 4.98 Å². The molecule has 3 heteroatoms. The number of halogens is 1. The molecule has 2 aromatic carbocycles. The van der Waals surface area contributed by atoms with Gasteiger partial charge >= 0.3 is 0 Å². The van der Waals surface area contributed by atoms with Gasteiger partial charge < -0.3 is 5.73 Å². The molecule has 2 N–H and O–H groups in total. The molecule has 3 aromatic rings. The van der Waals surface area contributed by atoms with E-state index in [-0.39, 0.29) is 0 Å². The predicted octanol–water partition coefficient (Wildman–Crippen LogP) is 6.82. The molecule has 0 amide bonds. The largest absolute Gasteiger partial charge is 0.404 e. The van der Waals surface area contributed by atoms with E-state index >= 15 is 0 Å². The third-order valence-corrected chi connectivity index (χ3v) is 4.94. The number of hydrogen-bond donors (Lipinski definition) is 1. The van der Waals surface area contributed by atoms with Crippen LogP contribution in [0.4, 0.5) is 0 Å². The molecule has 0 aliphatic rings. The molecule has 0 radical (unpaired) electrons. The molecule has 138 valence electrons. The summed E-state index contributed by atoms with van der Waals surface area (Å²) in [5.41, 5.74) is 12.5. The van der Waals surface area contributed by atoms with Crippen LogP contribution < -0.4 is 5.73 Å². The molecule has 0 aliphatic carbocycles. The fourth-order valence-corrected chi connectivity index (χ4v) is 3.44. The lowest BCUT2D eigenvalue weighted by Crippen LogP contribution is -1.92. The number of aromatic nitrogens is 1. The van der Waals surface area contributed by atoms with Crippen LogP contribution in [0.25, 0.3) is 27.6 Å². The van der Waals surface area contributed by atoms with Crippen LogP contribution in [0.1, 0.15) is 5.56 Å². The van der Waals surface area contributed by atoms with Crippen molar-refractivity contribution in [2.75, 3.05) is 0 Å². The molecule has 0 unspecified atom stereocenters. The lowest BCUT2D eigenvalue weighted by molar-refractivity contribution is 1.40. The SMILES string of the molecule is C=CC(=C)/C(C=C)=C\C(=C/N)c1cc(Br)cc(-c2cnc3ccccc3c2)c1. The van der Waals surface area contributed by atoms with Crippen LogP contribution in [0.3, 0.4) is 0 Å². The van der Waals surface area contributed by atoms with Crippen LogP contribution in [0, 0.1) is 0 Å². The smallest absolute Gasteiger partial charge is 0.0702 e. The molecule has 3 rings (SSSR count). The van der Waals surface area contributed by atoms with Crippen molar-refractivity contribution in [2.24, 2.45) is 5.73 Å². The van der Waals surface area contributed by atoms with Gasteiger partial charge in [0.25, 0.3) is 0 Å². The summed E-state index contributed by atoms with van der Waals surface area (Å²) in [4.78, 5) is 4.58. The maximum absolute atomic E-state index is 5.94. The van der Waals surface area contributed by atoms with Gasteiger partial charge in [-0.1, -0.05) is 66.0 Å². The molecule has 28 heavy (non-hydrogen) atoms. The van der Waals surface area contributed by atoms with Crippen LogP contribution in [0.5, 0.6) is 0 Å². The highest BCUT2D eigenvalue weighted by molar-refractivity contribution is 9.10. The minimum absolute atomic E-state index is 0.795. The van der Waals surface area contributed by atoms with E-state index in [4.69, 9.17) is 5.73 Å². The Morgan fingerprint density at radius 2 is 1.79 bits per heavy atom. The maximum Gasteiger partial charge on any atom is 0.0702 e. The van der Waals surface area contributed by atoms with Gasteiger partial charge in [-0.05, 0) is 64.3 Å². The Morgan fingerprint density at radius 1 is 1.00 bits per heavy atom. The lowest BCUT2D eigenvalue weighted by atomic mass is 9.97. The van der Waals surface area contributed by atoms with E-state index in [2.05, 4.69) is 64.9 Å². The summed E-state index contributed by atoms with van der Waals surface area (Å²) in [6.45, 7) is 11.6. The normalized spacial score (nSPS) is 12.0. The predicted molar refractivity (Wildman–Crippen MR) is 125 cm³/mol. The molecule has 1 aromatic heterocycles. The lowest BCUT2D eigenvalue weighted by Gasteiger charge is -2.10. The first-order chi connectivity index (χ1) is 13.5. The molecule has 0 aliphatic heterocycles. The first kappa shape index (κ1) is 19.6. The quantitative estimate of drug-likeness (QED) is 0.437. The van der Waals surface area contributed by atoms with Crippen molar-refractivity contribution < 1.29 is 0 Å². The number of pyridine rings is 1. The van der Waals surface area contributed by atoms with E-state index in [1.807, 2.05) is 36.5 Å². The number of nitrogens with zero attached hydrogens (tertiary/aromatic N) is 1. The van der Waals surface area contributed by atoms with E-state index in [1.165, 1.54) is 0 Å². The zero-order valence-corrected chi connectivity index (χ0v) is 17.1. The van der Waals surface area contributed by atoms with Crippen LogP contribution in [0.15, 0.2) is 115 Å². The minimum Gasteiger partial charge on any atom is -0.404 e. The van der Waals surface area contributed by atoms with Crippen LogP contribution >= 0.6 is 15.9 Å². The van der Waals surface area contributed by atoms with Gasteiger partial charge in [-0.15, -0.1) is 0 Å². The number of nitrogens with two attached hydrogens (primary N) is 1. The number of fused-ring (bicyclic) bond motifs is 1. The van der Waals surface area contributed by atoms with Crippen molar-refractivity contribution >= 4 is 32.4 Å². The number of para-hydroxylation sites is 1. The van der Waals surface area contributed by atoms with E-state index in [9.17, 15) is 0 Å². The topological polar surface area (TPSA) is 38.9 Å². The highest BCUT2D eigenvalue weighted by atomic mass is 79.9. The van der Waals surface area contributed by atoms with Gasteiger partial charge in [0.15, 0.2) is 0 Å². The summed E-state index contributed by atoms with van der Waals surface area (Å²) in [5, 5.41) is 1.10. The Kier molecular flexibility index (Phi) is 6.07. The highest BCUT2D eigenvalue weighted by Gasteiger charge is 2.08. The highest BCUT2D eigenvalue weighted by Crippen LogP contribution is 2.30. The Balaban J connectivity index is 2.09. The standard InChI is InChI=1S/C25H21BrN2/c1-4-17(3)18(5-2)10-22(15-27)20-12-21(14-24(26)13-20)23-11-19-8-6-7-9-25(19)28-16-23/h4-16H,1-3,27H2/b18-10-,22-15+. The monoisotopic (exact) mass is 428 g/mol. The molecule has 0 fully saturated rings. The van der Waals surface area contributed by atoms with Crippen molar-refractivity contribution in [3.63, 3.8) is 0 Å². The van der Waals surface area contributed by atoms with Crippen molar-refractivity contribution in [1.29, 1.82) is 0 Å². The molecule has 2 nitrogen and oxygen atoms in total. The van der Waals surface area contributed by atoms with Crippen molar-refractivity contribution in [3.8, 4) is 11.1 Å².